The third-order valence-corrected chi connectivity index (χ3v) is 3.75. The summed E-state index contributed by atoms with van der Waals surface area (Å²) < 4.78 is 5.48. The minimum absolute atomic E-state index is 0.652. The van der Waals surface area contributed by atoms with Crippen LogP contribution in [0.15, 0.2) is 12.1 Å². The SMILES string of the molecule is c1cc2c(nc1NCC1CCCOC1)CCC2. The van der Waals surface area contributed by atoms with Crippen LogP contribution in [0.1, 0.15) is 30.5 Å². The van der Waals surface area contributed by atoms with Crippen molar-refractivity contribution in [3.05, 3.63) is 23.4 Å². The predicted molar refractivity (Wildman–Crippen MR) is 68.3 cm³/mol. The van der Waals surface area contributed by atoms with Crippen LogP contribution in [0.25, 0.3) is 0 Å². The Balaban J connectivity index is 1.57. The van der Waals surface area contributed by atoms with Crippen LogP contribution in [0, 0.1) is 5.92 Å². The number of aryl methyl sites for hydroxylation is 2. The number of pyridine rings is 1. The number of aromatic nitrogens is 1. The molecular weight excluding hydrogens is 212 g/mol. The lowest BCUT2D eigenvalue weighted by molar-refractivity contribution is 0.0595. The first-order valence-corrected chi connectivity index (χ1v) is 6.72. The first-order valence-electron chi connectivity index (χ1n) is 6.72. The fourth-order valence-electron chi connectivity index (χ4n) is 2.74. The zero-order valence-electron chi connectivity index (χ0n) is 10.2. The van der Waals surface area contributed by atoms with E-state index in [9.17, 15) is 0 Å². The smallest absolute Gasteiger partial charge is 0.126 e. The van der Waals surface area contributed by atoms with E-state index in [1.807, 2.05) is 0 Å². The lowest BCUT2D eigenvalue weighted by atomic mass is 10.0. The molecule has 1 atom stereocenters. The van der Waals surface area contributed by atoms with Crippen molar-refractivity contribution in [3.63, 3.8) is 0 Å². The van der Waals surface area contributed by atoms with Crippen LogP contribution < -0.4 is 5.32 Å². The summed E-state index contributed by atoms with van der Waals surface area (Å²) in [5, 5.41) is 3.45. The summed E-state index contributed by atoms with van der Waals surface area (Å²) in [7, 11) is 0. The Morgan fingerprint density at radius 1 is 1.29 bits per heavy atom. The van der Waals surface area contributed by atoms with E-state index in [-0.39, 0.29) is 0 Å². The van der Waals surface area contributed by atoms with Gasteiger partial charge in [-0.25, -0.2) is 4.98 Å². The van der Waals surface area contributed by atoms with Crippen molar-refractivity contribution in [1.82, 2.24) is 4.98 Å². The first-order chi connectivity index (χ1) is 8.42. The third kappa shape index (κ3) is 2.60. The van der Waals surface area contributed by atoms with Gasteiger partial charge in [0.25, 0.3) is 0 Å². The Hall–Kier alpha value is -1.09. The van der Waals surface area contributed by atoms with Crippen molar-refractivity contribution in [2.24, 2.45) is 5.92 Å². The molecule has 0 bridgehead atoms. The summed E-state index contributed by atoms with van der Waals surface area (Å²) in [6.45, 7) is 2.83. The molecule has 1 aliphatic heterocycles. The standard InChI is InChI=1S/C14H20N2O/c1-4-12-6-7-14(16-13(12)5-1)15-9-11-3-2-8-17-10-11/h6-7,11H,1-5,8-10H2,(H,15,16). The Bertz CT molecular complexity index is 386. The summed E-state index contributed by atoms with van der Waals surface area (Å²) in [6.07, 6.45) is 6.10. The van der Waals surface area contributed by atoms with Crippen LogP contribution in [0.5, 0.6) is 0 Å². The molecule has 3 nitrogen and oxygen atoms in total. The van der Waals surface area contributed by atoms with Crippen LogP contribution in [0.2, 0.25) is 0 Å². The zero-order valence-corrected chi connectivity index (χ0v) is 10.2. The Morgan fingerprint density at radius 2 is 2.29 bits per heavy atom. The van der Waals surface area contributed by atoms with Gasteiger partial charge in [-0.2, -0.15) is 0 Å². The van der Waals surface area contributed by atoms with Gasteiger partial charge >= 0.3 is 0 Å². The average molecular weight is 232 g/mol. The van der Waals surface area contributed by atoms with Crippen LogP contribution >= 0.6 is 0 Å². The Morgan fingerprint density at radius 3 is 3.18 bits per heavy atom. The normalized spacial score (nSPS) is 23.4. The number of fused-ring (bicyclic) bond motifs is 1. The van der Waals surface area contributed by atoms with Gasteiger partial charge in [-0.3, -0.25) is 0 Å². The lowest BCUT2D eigenvalue weighted by Crippen LogP contribution is -2.24. The van der Waals surface area contributed by atoms with Gasteiger partial charge in [-0.05, 0) is 49.7 Å². The molecule has 1 saturated heterocycles. The molecule has 0 spiro atoms. The average Bonchev–Trinajstić information content (AvgIpc) is 2.85. The molecule has 2 aliphatic rings. The van der Waals surface area contributed by atoms with Gasteiger partial charge in [0, 0.05) is 18.8 Å². The maximum absolute atomic E-state index is 5.48. The third-order valence-electron chi connectivity index (χ3n) is 3.75. The van der Waals surface area contributed by atoms with Crippen molar-refractivity contribution in [3.8, 4) is 0 Å². The number of nitrogens with one attached hydrogen (secondary N) is 1. The highest BCUT2D eigenvalue weighted by Gasteiger charge is 2.15. The van der Waals surface area contributed by atoms with E-state index in [1.165, 1.54) is 36.9 Å². The number of rotatable bonds is 3. The van der Waals surface area contributed by atoms with E-state index >= 15 is 0 Å². The van der Waals surface area contributed by atoms with Crippen molar-refractivity contribution in [2.45, 2.75) is 32.1 Å². The topological polar surface area (TPSA) is 34.2 Å². The van der Waals surface area contributed by atoms with Gasteiger partial charge < -0.3 is 10.1 Å². The van der Waals surface area contributed by atoms with E-state index in [1.54, 1.807) is 0 Å². The second-order valence-electron chi connectivity index (χ2n) is 5.12. The van der Waals surface area contributed by atoms with Gasteiger partial charge in [0.2, 0.25) is 0 Å². The highest BCUT2D eigenvalue weighted by molar-refractivity contribution is 5.40. The van der Waals surface area contributed by atoms with E-state index in [2.05, 4.69) is 22.4 Å². The van der Waals surface area contributed by atoms with E-state index < -0.39 is 0 Å². The molecular formula is C14H20N2O. The fraction of sp³-hybridized carbons (Fsp3) is 0.643. The molecule has 1 aromatic heterocycles. The molecule has 0 saturated carbocycles. The molecule has 1 aliphatic carbocycles. The summed E-state index contributed by atoms with van der Waals surface area (Å²) in [5.41, 5.74) is 2.74. The second kappa shape index (κ2) is 5.05. The van der Waals surface area contributed by atoms with Crippen LogP contribution in [0.4, 0.5) is 5.82 Å². The van der Waals surface area contributed by atoms with E-state index in [0.29, 0.717) is 5.92 Å². The van der Waals surface area contributed by atoms with Crippen molar-refractivity contribution in [1.29, 1.82) is 0 Å². The lowest BCUT2D eigenvalue weighted by Gasteiger charge is -2.22. The highest BCUT2D eigenvalue weighted by atomic mass is 16.5. The van der Waals surface area contributed by atoms with Gasteiger partial charge in [0.05, 0.1) is 6.61 Å². The van der Waals surface area contributed by atoms with E-state index in [4.69, 9.17) is 4.74 Å². The summed E-state index contributed by atoms with van der Waals surface area (Å²) in [4.78, 5) is 4.69. The Kier molecular flexibility index (Phi) is 3.27. The molecule has 3 heteroatoms. The highest BCUT2D eigenvalue weighted by Crippen LogP contribution is 2.22. The van der Waals surface area contributed by atoms with Gasteiger partial charge in [0.1, 0.15) is 5.82 Å². The minimum atomic E-state index is 0.652. The van der Waals surface area contributed by atoms with Crippen molar-refractivity contribution < 1.29 is 4.74 Å². The second-order valence-corrected chi connectivity index (χ2v) is 5.12. The van der Waals surface area contributed by atoms with Crippen molar-refractivity contribution >= 4 is 5.82 Å². The van der Waals surface area contributed by atoms with Gasteiger partial charge in [0.15, 0.2) is 0 Å². The molecule has 0 amide bonds. The number of hydrogen-bond donors (Lipinski definition) is 1. The van der Waals surface area contributed by atoms with Crippen molar-refractivity contribution in [2.75, 3.05) is 25.1 Å². The summed E-state index contributed by atoms with van der Waals surface area (Å²) >= 11 is 0. The van der Waals surface area contributed by atoms with Crippen LogP contribution in [-0.2, 0) is 17.6 Å². The summed E-state index contributed by atoms with van der Waals surface area (Å²) in [5.74, 6) is 1.69. The minimum Gasteiger partial charge on any atom is -0.381 e. The summed E-state index contributed by atoms with van der Waals surface area (Å²) in [6, 6.07) is 4.35. The molecule has 1 unspecified atom stereocenters. The molecule has 3 rings (SSSR count). The largest absolute Gasteiger partial charge is 0.381 e. The number of ether oxygens (including phenoxy) is 1. The van der Waals surface area contributed by atoms with Gasteiger partial charge in [-0.15, -0.1) is 0 Å². The molecule has 92 valence electrons. The maximum atomic E-state index is 5.48. The molecule has 1 fully saturated rings. The molecule has 1 aromatic rings. The van der Waals surface area contributed by atoms with E-state index in [0.717, 1.165) is 32.0 Å². The molecule has 1 N–H and O–H groups in total. The van der Waals surface area contributed by atoms with Crippen LogP contribution in [-0.4, -0.2) is 24.7 Å². The zero-order chi connectivity index (χ0) is 11.5. The number of hydrogen-bond acceptors (Lipinski definition) is 3. The number of nitrogens with zero attached hydrogens (tertiary/aromatic N) is 1. The Labute approximate surface area is 103 Å². The molecule has 2 heterocycles. The molecule has 0 radical (unpaired) electrons. The first kappa shape index (κ1) is 11.0. The molecule has 0 aromatic carbocycles. The predicted octanol–water partition coefficient (Wildman–Crippen LogP) is 2.41. The molecule has 17 heavy (non-hydrogen) atoms. The maximum Gasteiger partial charge on any atom is 0.126 e. The number of anilines is 1. The monoisotopic (exact) mass is 232 g/mol. The quantitative estimate of drug-likeness (QED) is 0.869. The fourth-order valence-corrected chi connectivity index (χ4v) is 2.74. The van der Waals surface area contributed by atoms with Crippen LogP contribution in [0.3, 0.4) is 0 Å². The van der Waals surface area contributed by atoms with Gasteiger partial charge in [-0.1, -0.05) is 6.07 Å².